The molecule has 2 aliphatic heterocycles. The summed E-state index contributed by atoms with van der Waals surface area (Å²) in [5.41, 5.74) is 8.20. The molecule has 4 heterocycles. The lowest BCUT2D eigenvalue weighted by Gasteiger charge is -2.30. The molecule has 4 aromatic rings. The lowest BCUT2D eigenvalue weighted by Crippen LogP contribution is -2.49. The van der Waals surface area contributed by atoms with Crippen molar-refractivity contribution in [3.05, 3.63) is 76.8 Å². The van der Waals surface area contributed by atoms with E-state index in [9.17, 15) is 22.8 Å². The summed E-state index contributed by atoms with van der Waals surface area (Å²) in [6.45, 7) is 7.78. The van der Waals surface area contributed by atoms with Crippen LogP contribution in [0, 0.1) is 18.3 Å². The van der Waals surface area contributed by atoms with Crippen molar-refractivity contribution in [2.24, 2.45) is 17.1 Å². The van der Waals surface area contributed by atoms with Gasteiger partial charge < -0.3 is 25.4 Å². The number of benzene rings is 2. The van der Waals surface area contributed by atoms with Crippen LogP contribution in [-0.4, -0.2) is 83.4 Å². The van der Waals surface area contributed by atoms with Gasteiger partial charge >= 0.3 is 0 Å². The average molecular weight is 897 g/mol. The molecular weight excluding hydrogens is 841 g/mol. The second-order valence-electron chi connectivity index (χ2n) is 18.2. The minimum absolute atomic E-state index is 0.0625. The van der Waals surface area contributed by atoms with E-state index in [4.69, 9.17) is 25.2 Å². The molecule has 3 amide bonds. The maximum Gasteiger partial charge on any atom is 0.248 e. The molecule has 3 fully saturated rings. The number of rotatable bonds is 11. The van der Waals surface area contributed by atoms with Gasteiger partial charge in [0.1, 0.15) is 34.3 Å². The number of ether oxygens (including phenoxy) is 2. The number of methoxy groups -OCH3 is 1. The number of sulfonamides is 1. The van der Waals surface area contributed by atoms with Crippen molar-refractivity contribution in [3.8, 4) is 22.2 Å². The summed E-state index contributed by atoms with van der Waals surface area (Å²) in [6, 6.07) is 10.5. The summed E-state index contributed by atoms with van der Waals surface area (Å²) in [5.74, 6) is -0.885. The number of aryl methyl sites for hydroxylation is 1. The Hall–Kier alpha value is -5.35. The number of primary amides is 1. The summed E-state index contributed by atoms with van der Waals surface area (Å²) >= 11 is 1.49. The van der Waals surface area contributed by atoms with Crippen LogP contribution in [0.1, 0.15) is 113 Å². The van der Waals surface area contributed by atoms with Crippen molar-refractivity contribution in [1.29, 1.82) is 0 Å². The van der Waals surface area contributed by atoms with E-state index in [0.29, 0.717) is 60.5 Å². The molecule has 2 aromatic carbocycles. The van der Waals surface area contributed by atoms with Crippen molar-refractivity contribution < 1.29 is 37.1 Å². The number of nitrogens with one attached hydrogen (secondary N) is 2. The van der Waals surface area contributed by atoms with Gasteiger partial charge in [-0.05, 0) is 94.5 Å². The first kappa shape index (κ1) is 44.3. The Labute approximate surface area is 372 Å². The van der Waals surface area contributed by atoms with Gasteiger partial charge in [-0.25, -0.2) is 18.4 Å². The lowest BCUT2D eigenvalue weighted by atomic mass is 9.91. The molecule has 16 heteroatoms. The maximum atomic E-state index is 15.0. The summed E-state index contributed by atoms with van der Waals surface area (Å²) in [5, 5.41) is 6.82. The Kier molecular flexibility index (Phi) is 12.2. The average Bonchev–Trinajstić information content (AvgIpc) is 4.02. The Bertz CT molecular complexity index is 2600. The highest BCUT2D eigenvalue weighted by Crippen LogP contribution is 2.57. The number of aromatic nitrogens is 2. The van der Waals surface area contributed by atoms with E-state index in [0.717, 1.165) is 40.9 Å². The van der Waals surface area contributed by atoms with Crippen LogP contribution in [0.25, 0.3) is 21.6 Å². The fraction of sp³-hybridized carbons (Fsp3) is 0.489. The number of ketones is 1. The largest absolute Gasteiger partial charge is 0.496 e. The Morgan fingerprint density at radius 3 is 2.56 bits per heavy atom. The Morgan fingerprint density at radius 2 is 1.84 bits per heavy atom. The zero-order valence-electron chi connectivity index (χ0n) is 36.4. The molecule has 2 aliphatic carbocycles. The molecule has 334 valence electrons. The Balaban J connectivity index is 1.16. The molecule has 4 N–H and O–H groups in total. The first-order valence-electron chi connectivity index (χ1n) is 21.9. The third-order valence-corrected chi connectivity index (χ3v) is 16.4. The van der Waals surface area contributed by atoms with Crippen LogP contribution in [0.15, 0.2) is 60.0 Å². The van der Waals surface area contributed by atoms with Gasteiger partial charge in [0.25, 0.3) is 0 Å². The molecule has 4 aliphatic rings. The van der Waals surface area contributed by atoms with Crippen molar-refractivity contribution >= 4 is 61.5 Å². The molecule has 0 spiro atoms. The fourth-order valence-corrected chi connectivity index (χ4v) is 11.2. The quantitative estimate of drug-likeness (QED) is 0.129. The van der Waals surface area contributed by atoms with Crippen molar-refractivity contribution in [2.45, 2.75) is 121 Å². The van der Waals surface area contributed by atoms with Crippen molar-refractivity contribution in [3.63, 3.8) is 0 Å². The number of nitrogens with two attached hydrogens (primary N) is 1. The molecule has 63 heavy (non-hydrogen) atoms. The summed E-state index contributed by atoms with van der Waals surface area (Å²) in [7, 11) is -2.36. The normalized spacial score (nSPS) is 25.3. The summed E-state index contributed by atoms with van der Waals surface area (Å²) in [4.78, 5) is 67.6. The molecule has 8 rings (SSSR count). The number of nitrogens with zero attached hydrogens (tertiary/aromatic N) is 3. The zero-order valence-corrected chi connectivity index (χ0v) is 38.1. The van der Waals surface area contributed by atoms with Gasteiger partial charge in [0.2, 0.25) is 27.7 Å². The van der Waals surface area contributed by atoms with Crippen LogP contribution in [0.4, 0.5) is 5.69 Å². The Morgan fingerprint density at radius 1 is 1.05 bits per heavy atom. The highest BCUT2D eigenvalue weighted by Gasteiger charge is 2.62. The van der Waals surface area contributed by atoms with E-state index in [1.165, 1.54) is 11.3 Å². The number of fused-ring (bicyclic) bond motifs is 3. The van der Waals surface area contributed by atoms with E-state index < -0.39 is 50.2 Å². The molecule has 5 atom stereocenters. The minimum Gasteiger partial charge on any atom is -0.496 e. The highest BCUT2D eigenvalue weighted by molar-refractivity contribution is 7.91. The summed E-state index contributed by atoms with van der Waals surface area (Å²) < 4.78 is 40.6. The molecule has 0 unspecified atom stereocenters. The number of hydrogen-bond donors (Lipinski definition) is 3. The van der Waals surface area contributed by atoms with Crippen molar-refractivity contribution in [1.82, 2.24) is 19.6 Å². The van der Waals surface area contributed by atoms with E-state index in [1.54, 1.807) is 43.2 Å². The molecule has 0 radical (unpaired) electrons. The second kappa shape index (κ2) is 17.3. The third-order valence-electron chi connectivity index (χ3n) is 13.3. The van der Waals surface area contributed by atoms with E-state index in [1.807, 2.05) is 42.7 Å². The second-order valence-corrected chi connectivity index (χ2v) is 21.3. The standard InChI is InChI=1S/C47H56N6O8S2/c1-27(2)36-26-62-43(51-36)35-22-40(33-16-17-39(60-5)28(3)41(33)50-35)61-32-21-37-38(54)24-47(45(57)52-63(58,59)46(4)18-19-46)23-30(47)13-9-7-6-8-10-15-34(44(56)53(37)25-32)49-31-14-11-12-29(20-31)42(48)55/h9,11-14,16-17,20,22,26-27,30,32,34,37,49H,6-8,10,15,18-19,21,23-25H2,1-5H3,(H2,48,55)(H,52,57)/b13-9-/t30-,32-,34+,37+,47-/m1/s1. The smallest absolute Gasteiger partial charge is 0.248 e. The van der Waals surface area contributed by atoms with E-state index >= 15 is 4.79 Å². The number of carbonyl (C=O) groups is 4. The fourth-order valence-electron chi connectivity index (χ4n) is 8.91. The van der Waals surface area contributed by atoms with E-state index in [2.05, 4.69) is 23.9 Å². The van der Waals surface area contributed by atoms with Crippen molar-refractivity contribution in [2.75, 3.05) is 19.0 Å². The number of hydrogen-bond acceptors (Lipinski definition) is 12. The van der Waals surface area contributed by atoms with Crippen LogP contribution >= 0.6 is 11.3 Å². The van der Waals surface area contributed by atoms with E-state index in [-0.39, 0.29) is 48.5 Å². The highest BCUT2D eigenvalue weighted by atomic mass is 32.2. The monoisotopic (exact) mass is 896 g/mol. The van der Waals surface area contributed by atoms with Gasteiger partial charge in [0.15, 0.2) is 5.78 Å². The van der Waals surface area contributed by atoms with Crippen LogP contribution < -0.4 is 25.2 Å². The predicted molar refractivity (Wildman–Crippen MR) is 242 cm³/mol. The topological polar surface area (TPSA) is 200 Å². The molecule has 2 saturated carbocycles. The number of carbonyl (C=O) groups excluding carboxylic acids is 4. The number of thiazole rings is 1. The van der Waals surface area contributed by atoms with Gasteiger partial charge in [-0.3, -0.25) is 23.9 Å². The number of pyridine rings is 1. The molecule has 2 aromatic heterocycles. The predicted octanol–water partition coefficient (Wildman–Crippen LogP) is 7.21. The summed E-state index contributed by atoms with van der Waals surface area (Å²) in [6.07, 6.45) is 7.97. The van der Waals surface area contributed by atoms with Gasteiger partial charge in [0.05, 0.1) is 41.1 Å². The van der Waals surface area contributed by atoms with Gasteiger partial charge in [-0.15, -0.1) is 11.3 Å². The minimum atomic E-state index is -3.97. The lowest BCUT2D eigenvalue weighted by molar-refractivity contribution is -0.139. The molecule has 1 saturated heterocycles. The SMILES string of the molecule is COc1ccc2c(O[C@@H]3C[C@H]4C(=O)C[C@]5(C(=O)NS(=O)(=O)C6(C)CC6)C[C@H]5/C=C\CCCCC[C@H](Nc5cccc(C(N)=O)c5)C(=O)N4C3)cc(-c3nc(C(C)C)cs3)nc2c1C. The van der Waals surface area contributed by atoms with Gasteiger partial charge in [0, 0.05) is 46.5 Å². The van der Waals surface area contributed by atoms with Crippen LogP contribution in [0.5, 0.6) is 11.5 Å². The van der Waals surface area contributed by atoms with Gasteiger partial charge in [-0.1, -0.05) is 44.9 Å². The zero-order chi connectivity index (χ0) is 44.8. The van der Waals surface area contributed by atoms with Gasteiger partial charge in [-0.2, -0.15) is 0 Å². The van der Waals surface area contributed by atoms with Crippen LogP contribution in [0.3, 0.4) is 0 Å². The third kappa shape index (κ3) is 8.93. The first-order valence-corrected chi connectivity index (χ1v) is 24.2. The molecule has 14 nitrogen and oxygen atoms in total. The first-order chi connectivity index (χ1) is 30.0. The number of allylic oxidation sites excluding steroid dienone is 2. The molecular formula is C47H56N6O8S2. The number of anilines is 1. The number of Topliss-reactive ketones (excluding diaryl/α,β-unsaturated/α-hetero) is 1. The number of amides is 3. The maximum absolute atomic E-state index is 15.0. The van der Waals surface area contributed by atoms with Crippen LogP contribution in [-0.2, 0) is 24.4 Å². The van der Waals surface area contributed by atoms with Crippen LogP contribution in [0.2, 0.25) is 0 Å². The molecule has 0 bridgehead atoms.